The van der Waals surface area contributed by atoms with Crippen LogP contribution in [0.2, 0.25) is 0 Å². The molecule has 0 unspecified atom stereocenters. The first-order valence-corrected chi connectivity index (χ1v) is 6.51. The van der Waals surface area contributed by atoms with E-state index in [2.05, 4.69) is 39.8 Å². The van der Waals surface area contributed by atoms with E-state index in [4.69, 9.17) is 4.74 Å². The number of fused-ring (bicyclic) bond motifs is 2. The molecule has 88 valence electrons. The Morgan fingerprint density at radius 2 is 2.00 bits per heavy atom. The van der Waals surface area contributed by atoms with Crippen LogP contribution >= 0.6 is 0 Å². The molecule has 3 atom stereocenters. The van der Waals surface area contributed by atoms with Crippen molar-refractivity contribution in [3.63, 3.8) is 0 Å². The smallest absolute Gasteiger partial charge is 0.0734 e. The van der Waals surface area contributed by atoms with Gasteiger partial charge in [0.1, 0.15) is 0 Å². The lowest BCUT2D eigenvalue weighted by Gasteiger charge is -2.33. The molecule has 1 heterocycles. The van der Waals surface area contributed by atoms with E-state index in [1.807, 2.05) is 0 Å². The van der Waals surface area contributed by atoms with E-state index in [-0.39, 0.29) is 11.2 Å². The van der Waals surface area contributed by atoms with Crippen LogP contribution < -0.4 is 0 Å². The minimum absolute atomic E-state index is 0.0708. The van der Waals surface area contributed by atoms with Crippen molar-refractivity contribution in [1.29, 1.82) is 0 Å². The van der Waals surface area contributed by atoms with Crippen LogP contribution in [0.1, 0.15) is 47.0 Å². The molecule has 1 heteroatoms. The van der Waals surface area contributed by atoms with Crippen LogP contribution in [0.5, 0.6) is 0 Å². The summed E-state index contributed by atoms with van der Waals surface area (Å²) < 4.78 is 6.34. The molecule has 0 amide bonds. The summed E-state index contributed by atoms with van der Waals surface area (Å²) in [5.41, 5.74) is 3.24. The van der Waals surface area contributed by atoms with Crippen LogP contribution in [-0.4, -0.2) is 11.2 Å². The third-order valence-electron chi connectivity index (χ3n) is 4.95. The minimum Gasteiger partial charge on any atom is -0.368 e. The molecule has 1 saturated carbocycles. The lowest BCUT2D eigenvalue weighted by atomic mass is 9.77. The molecule has 0 radical (unpaired) electrons. The first-order valence-electron chi connectivity index (χ1n) is 6.51. The van der Waals surface area contributed by atoms with Gasteiger partial charge in [-0.05, 0) is 58.4 Å². The molecule has 3 rings (SSSR count). The zero-order chi connectivity index (χ0) is 11.6. The number of hydrogen-bond acceptors (Lipinski definition) is 1. The quantitative estimate of drug-likeness (QED) is 0.649. The van der Waals surface area contributed by atoms with E-state index in [1.165, 1.54) is 18.4 Å². The predicted molar refractivity (Wildman–Crippen MR) is 66.2 cm³/mol. The van der Waals surface area contributed by atoms with E-state index in [1.54, 1.807) is 5.57 Å². The summed E-state index contributed by atoms with van der Waals surface area (Å²) >= 11 is 0. The van der Waals surface area contributed by atoms with Crippen molar-refractivity contribution in [3.8, 4) is 0 Å². The fourth-order valence-electron chi connectivity index (χ4n) is 4.29. The maximum atomic E-state index is 6.34. The highest BCUT2D eigenvalue weighted by atomic mass is 16.5. The normalized spacial score (nSPS) is 44.8. The fraction of sp³-hybridized carbons (Fsp3) is 0.733. The zero-order valence-electron chi connectivity index (χ0n) is 10.8. The lowest BCUT2D eigenvalue weighted by molar-refractivity contribution is -0.113. The summed E-state index contributed by atoms with van der Waals surface area (Å²) in [6, 6.07) is 0. The second kappa shape index (κ2) is 3.01. The van der Waals surface area contributed by atoms with Crippen molar-refractivity contribution in [3.05, 3.63) is 23.3 Å². The van der Waals surface area contributed by atoms with Gasteiger partial charge in [0.05, 0.1) is 11.2 Å². The van der Waals surface area contributed by atoms with Crippen molar-refractivity contribution in [2.75, 3.05) is 0 Å². The molecule has 2 fully saturated rings. The molecule has 2 bridgehead atoms. The van der Waals surface area contributed by atoms with Crippen molar-refractivity contribution in [2.45, 2.75) is 58.2 Å². The zero-order valence-corrected chi connectivity index (χ0v) is 10.8. The van der Waals surface area contributed by atoms with Crippen molar-refractivity contribution >= 4 is 0 Å². The van der Waals surface area contributed by atoms with Crippen molar-refractivity contribution < 1.29 is 4.74 Å². The van der Waals surface area contributed by atoms with Gasteiger partial charge < -0.3 is 4.74 Å². The molecule has 0 aromatic carbocycles. The molecule has 0 aromatic rings. The highest BCUT2D eigenvalue weighted by Gasteiger charge is 2.61. The minimum atomic E-state index is 0.0708. The summed E-state index contributed by atoms with van der Waals surface area (Å²) in [5, 5.41) is 0. The van der Waals surface area contributed by atoms with Gasteiger partial charge in [-0.3, -0.25) is 0 Å². The molecule has 1 saturated heterocycles. The molecular weight excluding hydrogens is 196 g/mol. The van der Waals surface area contributed by atoms with E-state index < -0.39 is 0 Å². The van der Waals surface area contributed by atoms with Crippen molar-refractivity contribution in [2.24, 2.45) is 11.8 Å². The van der Waals surface area contributed by atoms with Gasteiger partial charge in [0.2, 0.25) is 0 Å². The highest BCUT2D eigenvalue weighted by molar-refractivity contribution is 5.41. The maximum Gasteiger partial charge on any atom is 0.0734 e. The Labute approximate surface area is 98.6 Å². The monoisotopic (exact) mass is 218 g/mol. The Morgan fingerprint density at radius 3 is 2.44 bits per heavy atom. The summed E-state index contributed by atoms with van der Waals surface area (Å²) in [6.45, 7) is 9.11. The van der Waals surface area contributed by atoms with E-state index in [9.17, 15) is 0 Å². The summed E-state index contributed by atoms with van der Waals surface area (Å²) in [7, 11) is 0. The molecule has 0 aromatic heterocycles. The number of ether oxygens (including phenoxy) is 1. The third-order valence-corrected chi connectivity index (χ3v) is 4.95. The topological polar surface area (TPSA) is 9.23 Å². The van der Waals surface area contributed by atoms with Gasteiger partial charge in [0, 0.05) is 5.92 Å². The Kier molecular flexibility index (Phi) is 1.99. The Hall–Kier alpha value is -0.560. The molecule has 2 aliphatic carbocycles. The largest absolute Gasteiger partial charge is 0.368 e. The van der Waals surface area contributed by atoms with Gasteiger partial charge in [0.25, 0.3) is 0 Å². The number of allylic oxidation sites excluding steroid dienone is 3. The molecular formula is C15H22O. The molecule has 1 aliphatic heterocycles. The van der Waals surface area contributed by atoms with Gasteiger partial charge >= 0.3 is 0 Å². The molecule has 3 aliphatic rings. The SMILES string of the molecule is CC1=CCC=C1[C@@H]1[C@@H]2CC[C@@]1(C)OC2(C)C. The maximum absolute atomic E-state index is 6.34. The van der Waals surface area contributed by atoms with Crippen LogP contribution in [0.15, 0.2) is 23.3 Å². The lowest BCUT2D eigenvalue weighted by Crippen LogP contribution is -2.35. The fourth-order valence-corrected chi connectivity index (χ4v) is 4.29. The van der Waals surface area contributed by atoms with Gasteiger partial charge in [-0.2, -0.15) is 0 Å². The average Bonchev–Trinajstić information content (AvgIpc) is 2.73. The molecule has 16 heavy (non-hydrogen) atoms. The van der Waals surface area contributed by atoms with Crippen LogP contribution in [0.25, 0.3) is 0 Å². The summed E-state index contributed by atoms with van der Waals surface area (Å²) in [6.07, 6.45) is 8.46. The number of hydrogen-bond donors (Lipinski definition) is 0. The van der Waals surface area contributed by atoms with E-state index in [0.29, 0.717) is 11.8 Å². The second-order valence-corrected chi connectivity index (χ2v) is 6.42. The molecule has 0 spiro atoms. The van der Waals surface area contributed by atoms with Crippen molar-refractivity contribution in [1.82, 2.24) is 0 Å². The van der Waals surface area contributed by atoms with Gasteiger partial charge in [-0.1, -0.05) is 17.7 Å². The van der Waals surface area contributed by atoms with Crippen LogP contribution in [0, 0.1) is 11.8 Å². The van der Waals surface area contributed by atoms with E-state index >= 15 is 0 Å². The van der Waals surface area contributed by atoms with Crippen LogP contribution in [-0.2, 0) is 4.74 Å². The van der Waals surface area contributed by atoms with E-state index in [0.717, 1.165) is 6.42 Å². The Balaban J connectivity index is 2.01. The van der Waals surface area contributed by atoms with Gasteiger partial charge in [-0.15, -0.1) is 0 Å². The molecule has 0 N–H and O–H groups in total. The molecule has 1 nitrogen and oxygen atoms in total. The first kappa shape index (κ1) is 10.6. The first-order chi connectivity index (χ1) is 7.44. The highest BCUT2D eigenvalue weighted by Crippen LogP contribution is 2.60. The summed E-state index contributed by atoms with van der Waals surface area (Å²) in [4.78, 5) is 0. The Morgan fingerprint density at radius 1 is 1.25 bits per heavy atom. The standard InChI is InChI=1S/C15H22O/c1-10-6-5-7-11(10)13-12-8-9-15(13,4)16-14(12,2)3/h6-7,12-13H,5,8-9H2,1-4H3/t12-,13+,15+/m0/s1. The van der Waals surface area contributed by atoms with Gasteiger partial charge in [0.15, 0.2) is 0 Å². The van der Waals surface area contributed by atoms with Crippen LogP contribution in [0.4, 0.5) is 0 Å². The second-order valence-electron chi connectivity index (χ2n) is 6.42. The number of rotatable bonds is 1. The third kappa shape index (κ3) is 1.21. The van der Waals surface area contributed by atoms with Crippen LogP contribution in [0.3, 0.4) is 0 Å². The average molecular weight is 218 g/mol. The summed E-state index contributed by atoms with van der Waals surface area (Å²) in [5.74, 6) is 1.35. The Bertz CT molecular complexity index is 388. The van der Waals surface area contributed by atoms with Gasteiger partial charge in [-0.25, -0.2) is 0 Å². The predicted octanol–water partition coefficient (Wildman–Crippen LogP) is 3.86.